The Hall–Kier alpha value is -1.50. The smallest absolute Gasteiger partial charge is 0.196 e. The van der Waals surface area contributed by atoms with Crippen molar-refractivity contribution in [3.8, 4) is 0 Å². The summed E-state index contributed by atoms with van der Waals surface area (Å²) >= 11 is 7.44. The molecule has 2 aromatic rings. The third-order valence-corrected chi connectivity index (χ3v) is 3.69. The molecule has 0 spiro atoms. The molecule has 0 aliphatic rings. The highest BCUT2D eigenvalue weighted by atomic mass is 35.5. The van der Waals surface area contributed by atoms with E-state index in [0.717, 1.165) is 10.5 Å². The zero-order chi connectivity index (χ0) is 13.1. The summed E-state index contributed by atoms with van der Waals surface area (Å²) in [6.07, 6.45) is 0. The molecule has 0 fully saturated rings. The van der Waals surface area contributed by atoms with Crippen molar-refractivity contribution in [1.82, 2.24) is 9.97 Å². The van der Waals surface area contributed by atoms with Crippen LogP contribution < -0.4 is 17.2 Å². The summed E-state index contributed by atoms with van der Waals surface area (Å²) in [7, 11) is 0. The molecule has 0 bridgehead atoms. The quantitative estimate of drug-likeness (QED) is 0.743. The molecule has 0 amide bonds. The molecule has 7 heteroatoms. The van der Waals surface area contributed by atoms with Crippen molar-refractivity contribution < 1.29 is 0 Å². The Labute approximate surface area is 114 Å². The second-order valence-electron chi connectivity index (χ2n) is 3.53. The molecule has 0 radical (unpaired) electrons. The van der Waals surface area contributed by atoms with E-state index in [1.54, 1.807) is 6.07 Å². The second kappa shape index (κ2) is 5.43. The van der Waals surface area contributed by atoms with Crippen molar-refractivity contribution in [2.45, 2.75) is 16.6 Å². The van der Waals surface area contributed by atoms with Crippen LogP contribution in [0.1, 0.15) is 5.56 Å². The lowest BCUT2D eigenvalue weighted by atomic mass is 10.2. The molecule has 18 heavy (non-hydrogen) atoms. The number of hydrogen-bond acceptors (Lipinski definition) is 6. The van der Waals surface area contributed by atoms with Crippen molar-refractivity contribution in [1.29, 1.82) is 0 Å². The van der Waals surface area contributed by atoms with E-state index in [2.05, 4.69) is 9.97 Å². The molecule has 6 N–H and O–H groups in total. The van der Waals surface area contributed by atoms with Crippen LogP contribution in [0.3, 0.4) is 0 Å². The Morgan fingerprint density at radius 1 is 1.17 bits per heavy atom. The Kier molecular flexibility index (Phi) is 3.90. The van der Waals surface area contributed by atoms with E-state index in [1.807, 2.05) is 12.1 Å². The number of anilines is 2. The second-order valence-corrected chi connectivity index (χ2v) is 4.92. The van der Waals surface area contributed by atoms with E-state index in [0.29, 0.717) is 28.4 Å². The fourth-order valence-corrected chi connectivity index (χ4v) is 2.67. The van der Waals surface area contributed by atoms with E-state index in [4.69, 9.17) is 28.8 Å². The van der Waals surface area contributed by atoms with Gasteiger partial charge in [-0.2, -0.15) is 0 Å². The van der Waals surface area contributed by atoms with Crippen LogP contribution in [0.25, 0.3) is 0 Å². The van der Waals surface area contributed by atoms with Gasteiger partial charge >= 0.3 is 0 Å². The summed E-state index contributed by atoms with van der Waals surface area (Å²) in [6, 6.07) is 7.05. The standard InChI is InChI=1S/C11H12ClN5S/c12-7-3-1-2-6(5-13)10(7)18-11-16-8(14)4-9(15)17-11/h1-4H,5,13H2,(H4,14,15,16,17). The Balaban J connectivity index is 2.39. The first-order valence-corrected chi connectivity index (χ1v) is 6.35. The molecule has 0 saturated heterocycles. The van der Waals surface area contributed by atoms with E-state index in [9.17, 15) is 0 Å². The van der Waals surface area contributed by atoms with Gasteiger partial charge in [-0.15, -0.1) is 0 Å². The lowest BCUT2D eigenvalue weighted by Crippen LogP contribution is -2.01. The average molecular weight is 282 g/mol. The lowest BCUT2D eigenvalue weighted by molar-refractivity contribution is 0.975. The monoisotopic (exact) mass is 281 g/mol. The van der Waals surface area contributed by atoms with Crippen molar-refractivity contribution >= 4 is 35.0 Å². The Bertz CT molecular complexity index is 555. The van der Waals surface area contributed by atoms with E-state index in [-0.39, 0.29) is 0 Å². The molecule has 1 aromatic carbocycles. The van der Waals surface area contributed by atoms with Gasteiger partial charge in [-0.1, -0.05) is 23.7 Å². The maximum absolute atomic E-state index is 6.14. The third kappa shape index (κ3) is 2.84. The third-order valence-electron chi connectivity index (χ3n) is 2.21. The van der Waals surface area contributed by atoms with Crippen LogP contribution in [-0.4, -0.2) is 9.97 Å². The number of rotatable bonds is 3. The molecule has 94 valence electrons. The summed E-state index contributed by atoms with van der Waals surface area (Å²) in [5, 5.41) is 1.06. The summed E-state index contributed by atoms with van der Waals surface area (Å²) in [5.74, 6) is 0.651. The molecule has 0 saturated carbocycles. The molecule has 0 atom stereocenters. The summed E-state index contributed by atoms with van der Waals surface area (Å²) in [4.78, 5) is 9.02. The van der Waals surface area contributed by atoms with Crippen LogP contribution in [-0.2, 0) is 6.54 Å². The van der Waals surface area contributed by atoms with Crippen molar-refractivity contribution in [3.63, 3.8) is 0 Å². The minimum atomic E-state index is 0.325. The SMILES string of the molecule is NCc1cccc(Cl)c1Sc1nc(N)cc(N)n1. The van der Waals surface area contributed by atoms with E-state index >= 15 is 0 Å². The number of nitrogens with two attached hydrogens (primary N) is 3. The summed E-state index contributed by atoms with van der Waals surface area (Å²) < 4.78 is 0. The Morgan fingerprint density at radius 2 is 1.83 bits per heavy atom. The van der Waals surface area contributed by atoms with Gasteiger partial charge in [-0.25, -0.2) is 9.97 Å². The highest BCUT2D eigenvalue weighted by Gasteiger charge is 2.10. The molecule has 0 unspecified atom stereocenters. The van der Waals surface area contributed by atoms with Gasteiger partial charge in [0.25, 0.3) is 0 Å². The first-order chi connectivity index (χ1) is 8.60. The van der Waals surface area contributed by atoms with Gasteiger partial charge in [0.05, 0.1) is 5.02 Å². The van der Waals surface area contributed by atoms with Gasteiger partial charge < -0.3 is 17.2 Å². The number of halogens is 1. The minimum Gasteiger partial charge on any atom is -0.383 e. The molecule has 0 aliphatic carbocycles. The highest BCUT2D eigenvalue weighted by molar-refractivity contribution is 7.99. The first-order valence-electron chi connectivity index (χ1n) is 5.15. The minimum absolute atomic E-state index is 0.325. The van der Waals surface area contributed by atoms with Crippen LogP contribution >= 0.6 is 23.4 Å². The first kappa shape index (κ1) is 12.9. The van der Waals surface area contributed by atoms with Crippen LogP contribution in [0.5, 0.6) is 0 Å². The maximum Gasteiger partial charge on any atom is 0.196 e. The molecule has 2 rings (SSSR count). The highest BCUT2D eigenvalue weighted by Crippen LogP contribution is 2.34. The number of nitrogen functional groups attached to an aromatic ring is 2. The molecular formula is C11H12ClN5S. The van der Waals surface area contributed by atoms with Gasteiger partial charge in [0, 0.05) is 17.5 Å². The van der Waals surface area contributed by atoms with Gasteiger partial charge in [0.15, 0.2) is 5.16 Å². The summed E-state index contributed by atoms with van der Waals surface area (Å²) in [6.45, 7) is 0.390. The van der Waals surface area contributed by atoms with E-state index in [1.165, 1.54) is 17.8 Å². The maximum atomic E-state index is 6.14. The molecule has 1 heterocycles. The van der Waals surface area contributed by atoms with Crippen LogP contribution in [0.15, 0.2) is 34.3 Å². The van der Waals surface area contributed by atoms with Crippen LogP contribution in [0, 0.1) is 0 Å². The number of aromatic nitrogens is 2. The predicted octanol–water partition coefficient (Wildman–Crippen LogP) is 1.90. The fourth-order valence-electron chi connectivity index (χ4n) is 1.43. The number of benzene rings is 1. The van der Waals surface area contributed by atoms with Gasteiger partial charge in [-0.3, -0.25) is 0 Å². The average Bonchev–Trinajstić information content (AvgIpc) is 2.30. The van der Waals surface area contributed by atoms with Crippen molar-refractivity contribution in [2.75, 3.05) is 11.5 Å². The zero-order valence-electron chi connectivity index (χ0n) is 9.43. The van der Waals surface area contributed by atoms with Crippen LogP contribution in [0.4, 0.5) is 11.6 Å². The van der Waals surface area contributed by atoms with Gasteiger partial charge in [0.2, 0.25) is 0 Å². The van der Waals surface area contributed by atoms with Crippen molar-refractivity contribution in [3.05, 3.63) is 34.9 Å². The molecule has 0 aliphatic heterocycles. The normalized spacial score (nSPS) is 10.6. The topological polar surface area (TPSA) is 104 Å². The number of hydrogen-bond donors (Lipinski definition) is 3. The Morgan fingerprint density at radius 3 is 2.44 bits per heavy atom. The zero-order valence-corrected chi connectivity index (χ0v) is 11.0. The number of nitrogens with zero attached hydrogens (tertiary/aromatic N) is 2. The van der Waals surface area contributed by atoms with Gasteiger partial charge in [0.1, 0.15) is 11.6 Å². The van der Waals surface area contributed by atoms with Crippen LogP contribution in [0.2, 0.25) is 5.02 Å². The van der Waals surface area contributed by atoms with Crippen molar-refractivity contribution in [2.24, 2.45) is 5.73 Å². The molecular weight excluding hydrogens is 270 g/mol. The van der Waals surface area contributed by atoms with E-state index < -0.39 is 0 Å². The molecule has 1 aromatic heterocycles. The largest absolute Gasteiger partial charge is 0.383 e. The van der Waals surface area contributed by atoms with Gasteiger partial charge in [-0.05, 0) is 23.4 Å². The molecule has 5 nitrogen and oxygen atoms in total. The predicted molar refractivity (Wildman–Crippen MR) is 74.3 cm³/mol. The fraction of sp³-hybridized carbons (Fsp3) is 0.0909. The summed E-state index contributed by atoms with van der Waals surface area (Å²) in [5.41, 5.74) is 17.8. The lowest BCUT2D eigenvalue weighted by Gasteiger charge is -2.09.